The van der Waals surface area contributed by atoms with Gasteiger partial charge in [0.25, 0.3) is 11.6 Å². The summed E-state index contributed by atoms with van der Waals surface area (Å²) >= 11 is 2.08. The molecule has 0 heterocycles. The minimum absolute atomic E-state index is 0.00927. The number of nitro benzene ring substituents is 1. The minimum Gasteiger partial charge on any atom is -0.488 e. The number of nitro groups is 1. The first-order chi connectivity index (χ1) is 16.8. The van der Waals surface area contributed by atoms with Crippen molar-refractivity contribution in [1.82, 2.24) is 0 Å². The normalized spacial score (nSPS) is 10.7. The van der Waals surface area contributed by atoms with Crippen LogP contribution in [0.4, 0.5) is 11.4 Å². The molecule has 0 unspecified atom stereocenters. The van der Waals surface area contributed by atoms with E-state index in [2.05, 4.69) is 32.6 Å². The molecule has 0 saturated heterocycles. The molecule has 0 bridgehead atoms. The summed E-state index contributed by atoms with van der Waals surface area (Å²) in [5.74, 6) is -0.489. The summed E-state index contributed by atoms with van der Waals surface area (Å²) in [4.78, 5) is 34.3. The van der Waals surface area contributed by atoms with Crippen LogP contribution in [0.2, 0.25) is 0 Å². The highest BCUT2D eigenvalue weighted by atomic mass is 127. The number of hydrogen-bond acceptors (Lipinski definition) is 7. The number of anilines is 1. The van der Waals surface area contributed by atoms with Crippen molar-refractivity contribution in [3.05, 3.63) is 103 Å². The number of halogens is 1. The van der Waals surface area contributed by atoms with Crippen molar-refractivity contribution in [2.75, 3.05) is 12.4 Å². The lowest BCUT2D eigenvalue weighted by Crippen LogP contribution is -2.13. The Balaban J connectivity index is 1.66. The molecule has 1 amide bonds. The topological polar surface area (TPSA) is 132 Å². The lowest BCUT2D eigenvalue weighted by molar-refractivity contribution is -0.384. The number of rotatable bonds is 8. The van der Waals surface area contributed by atoms with Gasteiger partial charge in [0, 0.05) is 17.8 Å². The average molecular weight is 583 g/mol. The largest absolute Gasteiger partial charge is 0.488 e. The molecule has 3 rings (SSSR count). The van der Waals surface area contributed by atoms with Crippen molar-refractivity contribution < 1.29 is 24.0 Å². The van der Waals surface area contributed by atoms with E-state index in [4.69, 9.17) is 4.74 Å². The van der Waals surface area contributed by atoms with Crippen LogP contribution in [0.1, 0.15) is 21.5 Å². The molecule has 0 aromatic heterocycles. The summed E-state index contributed by atoms with van der Waals surface area (Å²) in [6, 6.07) is 19.3. The Kier molecular flexibility index (Phi) is 8.53. The molecule has 10 heteroatoms. The molecule has 3 aromatic carbocycles. The zero-order valence-corrected chi connectivity index (χ0v) is 20.5. The highest BCUT2D eigenvalue weighted by Crippen LogP contribution is 2.25. The van der Waals surface area contributed by atoms with Crippen LogP contribution in [-0.4, -0.2) is 23.9 Å². The van der Waals surface area contributed by atoms with Crippen LogP contribution in [0.25, 0.3) is 6.08 Å². The average Bonchev–Trinajstić information content (AvgIpc) is 2.86. The molecule has 0 aliphatic heterocycles. The fraction of sp³-hybridized carbons (Fsp3) is 0.0800. The van der Waals surface area contributed by atoms with E-state index in [1.807, 2.05) is 6.07 Å². The van der Waals surface area contributed by atoms with E-state index in [0.29, 0.717) is 22.6 Å². The first kappa shape index (κ1) is 25.4. The van der Waals surface area contributed by atoms with Gasteiger partial charge < -0.3 is 14.8 Å². The molecule has 0 spiro atoms. The maximum Gasteiger partial charge on any atom is 0.337 e. The molecule has 0 radical (unpaired) electrons. The third kappa shape index (κ3) is 6.87. The van der Waals surface area contributed by atoms with E-state index >= 15 is 0 Å². The van der Waals surface area contributed by atoms with Crippen LogP contribution in [0.5, 0.6) is 5.75 Å². The Morgan fingerprint density at radius 2 is 1.80 bits per heavy atom. The summed E-state index contributed by atoms with van der Waals surface area (Å²) in [7, 11) is 1.28. The SMILES string of the molecule is COC(=O)c1ccc(NC(=O)/C(C#N)=C/c2ccc(OCc3ccc([N+](=O)[O-])cc3)c(I)c2)cc1. The third-order valence-corrected chi connectivity index (χ3v) is 5.58. The first-order valence-electron chi connectivity index (χ1n) is 10.1. The monoisotopic (exact) mass is 583 g/mol. The number of nitriles is 1. The number of nitrogens with zero attached hydrogens (tertiary/aromatic N) is 2. The van der Waals surface area contributed by atoms with E-state index in [-0.39, 0.29) is 17.9 Å². The molecule has 1 N–H and O–H groups in total. The van der Waals surface area contributed by atoms with E-state index in [1.54, 1.807) is 42.5 Å². The van der Waals surface area contributed by atoms with E-state index in [9.17, 15) is 25.0 Å². The van der Waals surface area contributed by atoms with Gasteiger partial charge in [-0.15, -0.1) is 0 Å². The summed E-state index contributed by atoms with van der Waals surface area (Å²) in [5, 5.41) is 22.8. The second-order valence-corrected chi connectivity index (χ2v) is 8.26. The van der Waals surface area contributed by atoms with Crippen molar-refractivity contribution >= 4 is 51.9 Å². The van der Waals surface area contributed by atoms with E-state index < -0.39 is 16.8 Å². The van der Waals surface area contributed by atoms with Crippen molar-refractivity contribution in [1.29, 1.82) is 5.26 Å². The summed E-state index contributed by atoms with van der Waals surface area (Å²) in [6.07, 6.45) is 1.46. The molecular weight excluding hydrogens is 565 g/mol. The lowest BCUT2D eigenvalue weighted by atomic mass is 10.1. The van der Waals surface area contributed by atoms with Crippen LogP contribution in [-0.2, 0) is 16.1 Å². The quantitative estimate of drug-likeness (QED) is 0.0974. The number of carbonyl (C=O) groups is 2. The molecular formula is C25H18IN3O6. The molecule has 3 aromatic rings. The first-order valence-corrected chi connectivity index (χ1v) is 11.2. The zero-order valence-electron chi connectivity index (χ0n) is 18.4. The number of nitrogens with one attached hydrogen (secondary N) is 1. The maximum absolute atomic E-state index is 12.5. The smallest absolute Gasteiger partial charge is 0.337 e. The van der Waals surface area contributed by atoms with Crippen LogP contribution in [0, 0.1) is 25.0 Å². The number of esters is 1. The molecule has 176 valence electrons. The second kappa shape index (κ2) is 11.8. The Bertz CT molecular complexity index is 1330. The predicted octanol–water partition coefficient (Wildman–Crippen LogP) is 5.11. The summed E-state index contributed by atoms with van der Waals surface area (Å²) in [5.41, 5.74) is 2.08. The van der Waals surface area contributed by atoms with Crippen LogP contribution in [0.15, 0.2) is 72.3 Å². The molecule has 35 heavy (non-hydrogen) atoms. The molecule has 0 saturated carbocycles. The molecule has 0 atom stereocenters. The fourth-order valence-electron chi connectivity index (χ4n) is 2.92. The zero-order chi connectivity index (χ0) is 25.4. The summed E-state index contributed by atoms with van der Waals surface area (Å²) < 4.78 is 11.2. The molecule has 9 nitrogen and oxygen atoms in total. The van der Waals surface area contributed by atoms with Crippen molar-refractivity contribution in [3.8, 4) is 11.8 Å². The highest BCUT2D eigenvalue weighted by Gasteiger charge is 2.12. The lowest BCUT2D eigenvalue weighted by Gasteiger charge is -2.09. The summed E-state index contributed by atoms with van der Waals surface area (Å²) in [6.45, 7) is 0.226. The number of non-ortho nitro benzene ring substituents is 1. The number of benzene rings is 3. The standard InChI is InChI=1S/C25H18IN3O6/c1-34-25(31)18-5-7-20(8-6-18)28-24(30)19(14-27)12-17-4-11-23(22(26)13-17)35-15-16-2-9-21(10-3-16)29(32)33/h2-13H,15H2,1H3,(H,28,30)/b19-12+. The van der Waals surface area contributed by atoms with Crippen molar-refractivity contribution in [2.45, 2.75) is 6.61 Å². The van der Waals surface area contributed by atoms with Gasteiger partial charge >= 0.3 is 5.97 Å². The van der Waals surface area contributed by atoms with Crippen molar-refractivity contribution in [2.24, 2.45) is 0 Å². The van der Waals surface area contributed by atoms with Gasteiger partial charge in [0.05, 0.1) is 21.2 Å². The predicted molar refractivity (Wildman–Crippen MR) is 137 cm³/mol. The molecule has 0 aliphatic carbocycles. The van der Waals surface area contributed by atoms with Crippen LogP contribution in [0.3, 0.4) is 0 Å². The van der Waals surface area contributed by atoms with Crippen molar-refractivity contribution in [3.63, 3.8) is 0 Å². The van der Waals surface area contributed by atoms with Gasteiger partial charge in [-0.05, 0) is 88.3 Å². The van der Waals surface area contributed by atoms with Gasteiger partial charge in [-0.3, -0.25) is 14.9 Å². The molecule has 0 aliphatic rings. The fourth-order valence-corrected chi connectivity index (χ4v) is 3.62. The van der Waals surface area contributed by atoms with Crippen LogP contribution >= 0.6 is 22.6 Å². The third-order valence-electron chi connectivity index (χ3n) is 4.74. The van der Waals surface area contributed by atoms with Gasteiger partial charge in [-0.25, -0.2) is 4.79 Å². The Labute approximate surface area is 214 Å². The second-order valence-electron chi connectivity index (χ2n) is 7.09. The number of hydrogen-bond donors (Lipinski definition) is 1. The number of carbonyl (C=O) groups excluding carboxylic acids is 2. The maximum atomic E-state index is 12.5. The van der Waals surface area contributed by atoms with Crippen LogP contribution < -0.4 is 10.1 Å². The Morgan fingerprint density at radius 1 is 1.11 bits per heavy atom. The van der Waals surface area contributed by atoms with Gasteiger partial charge in [0.15, 0.2) is 0 Å². The Hall–Kier alpha value is -4.24. The van der Waals surface area contributed by atoms with Gasteiger partial charge in [0.2, 0.25) is 0 Å². The van der Waals surface area contributed by atoms with Gasteiger partial charge in [-0.2, -0.15) is 5.26 Å². The number of amides is 1. The highest BCUT2D eigenvalue weighted by molar-refractivity contribution is 14.1. The van der Waals surface area contributed by atoms with E-state index in [0.717, 1.165) is 9.13 Å². The van der Waals surface area contributed by atoms with Gasteiger partial charge in [-0.1, -0.05) is 6.07 Å². The van der Waals surface area contributed by atoms with E-state index in [1.165, 1.54) is 37.5 Å². The minimum atomic E-state index is -0.591. The number of ether oxygens (including phenoxy) is 2. The van der Waals surface area contributed by atoms with Gasteiger partial charge in [0.1, 0.15) is 24.0 Å². The number of methoxy groups -OCH3 is 1. The Morgan fingerprint density at radius 3 is 2.37 bits per heavy atom. The molecule has 0 fully saturated rings.